The molecule has 0 radical (unpaired) electrons. The first kappa shape index (κ1) is 12.7. The Morgan fingerprint density at radius 3 is 2.75 bits per heavy atom. The van der Waals surface area contributed by atoms with Crippen LogP contribution in [0.5, 0.6) is 0 Å². The van der Waals surface area contributed by atoms with Gasteiger partial charge in [-0.15, -0.1) is 0 Å². The van der Waals surface area contributed by atoms with Gasteiger partial charge in [-0.1, -0.05) is 6.42 Å². The highest BCUT2D eigenvalue weighted by molar-refractivity contribution is 9.11. The highest BCUT2D eigenvalue weighted by atomic mass is 79.9. The average Bonchev–Trinajstić information content (AvgIpc) is 2.19. The lowest BCUT2D eigenvalue weighted by atomic mass is 9.84. The number of nitrogens with one attached hydrogen (secondary N) is 1. The molecule has 2 rings (SSSR count). The molecule has 0 amide bonds. The van der Waals surface area contributed by atoms with Crippen molar-refractivity contribution in [3.63, 3.8) is 0 Å². The molecule has 1 aromatic heterocycles. The van der Waals surface area contributed by atoms with Crippen molar-refractivity contribution < 1.29 is 0 Å². The lowest BCUT2D eigenvalue weighted by Gasteiger charge is -2.40. The second-order valence-electron chi connectivity index (χ2n) is 4.08. The Morgan fingerprint density at radius 1 is 1.50 bits per heavy atom. The van der Waals surface area contributed by atoms with Gasteiger partial charge in [0.1, 0.15) is 5.82 Å². The molecule has 0 bridgehead atoms. The fraction of sp³-hybridized carbons (Fsp3) is 0.545. The Labute approximate surface area is 117 Å². The van der Waals surface area contributed by atoms with Crippen LogP contribution in [0, 0.1) is 0 Å². The Hall–Kier alpha value is 0.260. The average molecular weight is 366 g/mol. The number of rotatable bonds is 4. The normalized spacial score (nSPS) is 17.9. The van der Waals surface area contributed by atoms with Crippen molar-refractivity contribution in [1.82, 2.24) is 4.98 Å². The smallest absolute Gasteiger partial charge is 0.140 e. The van der Waals surface area contributed by atoms with E-state index in [-0.39, 0.29) is 0 Å². The zero-order valence-electron chi connectivity index (χ0n) is 9.09. The molecule has 0 saturated heterocycles. The molecule has 1 heterocycles. The monoisotopic (exact) mass is 364 g/mol. The second-order valence-corrected chi connectivity index (χ2v) is 7.12. The summed E-state index contributed by atoms with van der Waals surface area (Å²) in [5, 5.41) is 3.43. The topological polar surface area (TPSA) is 24.9 Å². The van der Waals surface area contributed by atoms with Gasteiger partial charge in [-0.25, -0.2) is 4.98 Å². The van der Waals surface area contributed by atoms with Crippen LogP contribution in [0.25, 0.3) is 0 Å². The zero-order valence-corrected chi connectivity index (χ0v) is 13.1. The van der Waals surface area contributed by atoms with Gasteiger partial charge in [-0.05, 0) is 57.0 Å². The molecule has 1 N–H and O–H groups in total. The molecule has 16 heavy (non-hydrogen) atoms. The van der Waals surface area contributed by atoms with Crippen molar-refractivity contribution in [1.29, 1.82) is 0 Å². The van der Waals surface area contributed by atoms with E-state index in [1.54, 1.807) is 0 Å². The van der Waals surface area contributed by atoms with Crippen LogP contribution in [0.3, 0.4) is 0 Å². The van der Waals surface area contributed by atoms with Crippen molar-refractivity contribution in [2.24, 2.45) is 0 Å². The van der Waals surface area contributed by atoms with Crippen molar-refractivity contribution >= 4 is 49.4 Å². The van der Waals surface area contributed by atoms with Gasteiger partial charge in [-0.2, -0.15) is 11.8 Å². The maximum absolute atomic E-state index is 4.36. The molecule has 0 aromatic carbocycles. The first-order valence-electron chi connectivity index (χ1n) is 5.25. The molecule has 2 nitrogen and oxygen atoms in total. The number of hydrogen-bond donors (Lipinski definition) is 1. The third-order valence-corrected chi connectivity index (χ3v) is 5.54. The number of pyridine rings is 1. The maximum Gasteiger partial charge on any atom is 0.140 e. The summed E-state index contributed by atoms with van der Waals surface area (Å²) in [6, 6.07) is 2.02. The fourth-order valence-electron chi connectivity index (χ4n) is 1.81. The van der Waals surface area contributed by atoms with Crippen LogP contribution < -0.4 is 5.32 Å². The molecular weight excluding hydrogens is 352 g/mol. The predicted molar refractivity (Wildman–Crippen MR) is 78.2 cm³/mol. The molecule has 0 unspecified atom stereocenters. The summed E-state index contributed by atoms with van der Waals surface area (Å²) in [6.45, 7) is 1.00. The van der Waals surface area contributed by atoms with Crippen molar-refractivity contribution in [2.75, 3.05) is 18.1 Å². The van der Waals surface area contributed by atoms with E-state index in [1.807, 2.05) is 24.0 Å². The Bertz CT molecular complexity index is 375. The minimum Gasteiger partial charge on any atom is -0.368 e. The zero-order chi connectivity index (χ0) is 11.6. The molecular formula is C11H14Br2N2S. The van der Waals surface area contributed by atoms with Gasteiger partial charge in [0.2, 0.25) is 0 Å². The number of thioether (sulfide) groups is 1. The van der Waals surface area contributed by atoms with Crippen LogP contribution in [-0.4, -0.2) is 22.5 Å². The van der Waals surface area contributed by atoms with Crippen LogP contribution in [0.1, 0.15) is 19.3 Å². The summed E-state index contributed by atoms with van der Waals surface area (Å²) in [5.74, 6) is 0.934. The number of nitrogens with zero attached hydrogens (tertiary/aromatic N) is 1. The van der Waals surface area contributed by atoms with Crippen LogP contribution in [0.4, 0.5) is 5.82 Å². The molecule has 1 aliphatic rings. The molecule has 1 saturated carbocycles. The molecule has 1 aromatic rings. The molecule has 1 aliphatic carbocycles. The third-order valence-electron chi connectivity index (χ3n) is 3.08. The van der Waals surface area contributed by atoms with E-state index in [9.17, 15) is 0 Å². The van der Waals surface area contributed by atoms with Gasteiger partial charge in [-0.3, -0.25) is 0 Å². The maximum atomic E-state index is 4.36. The van der Waals surface area contributed by atoms with E-state index in [0.717, 1.165) is 21.3 Å². The highest BCUT2D eigenvalue weighted by Crippen LogP contribution is 2.42. The number of halogens is 2. The van der Waals surface area contributed by atoms with E-state index in [1.165, 1.54) is 19.3 Å². The summed E-state index contributed by atoms with van der Waals surface area (Å²) < 4.78 is 2.44. The predicted octanol–water partition coefficient (Wildman–Crippen LogP) is 4.30. The van der Waals surface area contributed by atoms with Crippen LogP contribution in [-0.2, 0) is 0 Å². The SMILES string of the molecule is CSC1(CNc2ncc(Br)cc2Br)CCC1. The molecule has 0 atom stereocenters. The van der Waals surface area contributed by atoms with Gasteiger partial charge < -0.3 is 5.32 Å². The van der Waals surface area contributed by atoms with Gasteiger partial charge in [0, 0.05) is 22.0 Å². The molecule has 0 aliphatic heterocycles. The lowest BCUT2D eigenvalue weighted by Crippen LogP contribution is -2.40. The van der Waals surface area contributed by atoms with E-state index in [4.69, 9.17) is 0 Å². The molecule has 5 heteroatoms. The Kier molecular flexibility index (Phi) is 4.19. The summed E-state index contributed by atoms with van der Waals surface area (Å²) in [6.07, 6.45) is 8.01. The molecule has 88 valence electrons. The van der Waals surface area contributed by atoms with E-state index < -0.39 is 0 Å². The summed E-state index contributed by atoms with van der Waals surface area (Å²) >= 11 is 8.89. The standard InChI is InChI=1S/C11H14Br2N2S/c1-16-11(3-2-4-11)7-15-10-9(13)5-8(12)6-14-10/h5-6H,2-4,7H2,1H3,(H,14,15). The number of aromatic nitrogens is 1. The third kappa shape index (κ3) is 2.74. The van der Waals surface area contributed by atoms with Crippen LogP contribution in [0.15, 0.2) is 21.2 Å². The van der Waals surface area contributed by atoms with Crippen LogP contribution >= 0.6 is 43.6 Å². The van der Waals surface area contributed by atoms with Gasteiger partial charge in [0.25, 0.3) is 0 Å². The van der Waals surface area contributed by atoms with Gasteiger partial charge in [0.05, 0.1) is 4.47 Å². The molecule has 0 spiro atoms. The summed E-state index contributed by atoms with van der Waals surface area (Å²) in [7, 11) is 0. The van der Waals surface area contributed by atoms with Crippen molar-refractivity contribution in [3.05, 3.63) is 21.2 Å². The summed E-state index contributed by atoms with van der Waals surface area (Å²) in [5.41, 5.74) is 0. The minimum atomic E-state index is 0.439. The van der Waals surface area contributed by atoms with E-state index in [2.05, 4.69) is 48.4 Å². The number of hydrogen-bond acceptors (Lipinski definition) is 3. The first-order chi connectivity index (χ1) is 7.65. The van der Waals surface area contributed by atoms with Crippen molar-refractivity contribution in [3.8, 4) is 0 Å². The minimum absolute atomic E-state index is 0.439. The first-order valence-corrected chi connectivity index (χ1v) is 8.06. The second kappa shape index (κ2) is 5.27. The van der Waals surface area contributed by atoms with Gasteiger partial charge in [0.15, 0.2) is 0 Å². The Balaban J connectivity index is 1.99. The number of anilines is 1. The van der Waals surface area contributed by atoms with E-state index >= 15 is 0 Å². The highest BCUT2D eigenvalue weighted by Gasteiger charge is 2.35. The quantitative estimate of drug-likeness (QED) is 0.860. The lowest BCUT2D eigenvalue weighted by molar-refractivity contribution is 0.379. The van der Waals surface area contributed by atoms with Crippen LogP contribution in [0.2, 0.25) is 0 Å². The Morgan fingerprint density at radius 2 is 2.25 bits per heavy atom. The largest absolute Gasteiger partial charge is 0.368 e. The molecule has 1 fully saturated rings. The summed E-state index contributed by atoms with van der Waals surface area (Å²) in [4.78, 5) is 4.36. The fourth-order valence-corrected chi connectivity index (χ4v) is 3.85. The van der Waals surface area contributed by atoms with Gasteiger partial charge >= 0.3 is 0 Å². The van der Waals surface area contributed by atoms with E-state index in [0.29, 0.717) is 4.75 Å². The van der Waals surface area contributed by atoms with Crippen molar-refractivity contribution in [2.45, 2.75) is 24.0 Å².